The van der Waals surface area contributed by atoms with Gasteiger partial charge in [0.1, 0.15) is 0 Å². The van der Waals surface area contributed by atoms with Crippen LogP contribution in [-0.4, -0.2) is 57.9 Å². The molecule has 190 valence electrons. The maximum atomic E-state index is 14.7. The van der Waals surface area contributed by atoms with Crippen LogP contribution in [0.5, 0.6) is 0 Å². The molecule has 8 atom stereocenters. The van der Waals surface area contributed by atoms with Crippen LogP contribution in [0.15, 0.2) is 24.3 Å². The average molecular weight is 512 g/mol. The molecular formula is C20H16F12N2. The standard InChI is InChI=1S/C20H16F12N2/c21-17(22,23)15(18(24,25)26)11-7-1-3-9(5-7)13(11)33-16(19(27,28)29,20(30,31)32)12-8-2-4-10(6-8)14(12)34(15)33/h1-4,7-14H,5-6H2. The van der Waals surface area contributed by atoms with Crippen molar-refractivity contribution in [3.63, 3.8) is 0 Å². The minimum Gasteiger partial charge on any atom is -0.213 e. The third-order valence-corrected chi connectivity index (χ3v) is 9.05. The van der Waals surface area contributed by atoms with Gasteiger partial charge >= 0.3 is 24.7 Å². The van der Waals surface area contributed by atoms with E-state index in [1.54, 1.807) is 0 Å². The number of hydrogen-bond acceptors (Lipinski definition) is 2. The average Bonchev–Trinajstić information content (AvgIpc) is 3.41. The summed E-state index contributed by atoms with van der Waals surface area (Å²) in [5, 5.41) is -1.04. The van der Waals surface area contributed by atoms with Crippen molar-refractivity contribution < 1.29 is 52.7 Å². The van der Waals surface area contributed by atoms with Gasteiger partial charge in [0.15, 0.2) is 0 Å². The molecule has 2 saturated carbocycles. The molecule has 14 heteroatoms. The van der Waals surface area contributed by atoms with Gasteiger partial charge in [0.25, 0.3) is 0 Å². The monoisotopic (exact) mass is 512 g/mol. The summed E-state index contributed by atoms with van der Waals surface area (Å²) in [6.07, 6.45) is -21.0. The van der Waals surface area contributed by atoms with Gasteiger partial charge < -0.3 is 0 Å². The van der Waals surface area contributed by atoms with Crippen molar-refractivity contribution in [1.82, 2.24) is 10.0 Å². The number of halogens is 12. The van der Waals surface area contributed by atoms with Gasteiger partial charge in [0.2, 0.25) is 11.1 Å². The predicted molar refractivity (Wildman–Crippen MR) is 89.4 cm³/mol. The quantitative estimate of drug-likeness (QED) is 0.306. The van der Waals surface area contributed by atoms with E-state index in [1.807, 2.05) is 0 Å². The predicted octanol–water partition coefficient (Wildman–Crippen LogP) is 5.64. The number of allylic oxidation sites excluding steroid dienone is 2. The summed E-state index contributed by atoms with van der Waals surface area (Å²) in [5.74, 6) is -10.6. The Balaban J connectivity index is 1.73. The van der Waals surface area contributed by atoms with Crippen molar-refractivity contribution in [2.45, 2.75) is 60.7 Å². The molecule has 4 bridgehead atoms. The first-order valence-corrected chi connectivity index (χ1v) is 10.6. The van der Waals surface area contributed by atoms with Crippen LogP contribution in [0, 0.1) is 35.5 Å². The molecule has 0 aromatic heterocycles. The molecule has 0 spiro atoms. The van der Waals surface area contributed by atoms with Crippen molar-refractivity contribution in [3.8, 4) is 0 Å². The lowest BCUT2D eigenvalue weighted by molar-refractivity contribution is -0.392. The van der Waals surface area contributed by atoms with E-state index in [9.17, 15) is 52.7 Å². The fourth-order valence-electron chi connectivity index (χ4n) is 8.37. The normalized spacial score (nSPS) is 44.2. The summed E-state index contributed by atoms with van der Waals surface area (Å²) in [7, 11) is 0. The minimum atomic E-state index is -6.18. The minimum absolute atomic E-state index is 0.361. The lowest BCUT2D eigenvalue weighted by atomic mass is 9.68. The molecular weight excluding hydrogens is 496 g/mol. The fourth-order valence-corrected chi connectivity index (χ4v) is 8.37. The Hall–Kier alpha value is -1.44. The number of nitrogens with zero attached hydrogens (tertiary/aromatic N) is 2. The van der Waals surface area contributed by atoms with E-state index in [-0.39, 0.29) is 12.8 Å². The summed E-state index contributed by atoms with van der Waals surface area (Å²) in [6, 6.07) is -4.49. The largest absolute Gasteiger partial charge is 0.417 e. The zero-order valence-electron chi connectivity index (χ0n) is 16.8. The second kappa shape index (κ2) is 5.92. The molecule has 0 radical (unpaired) electrons. The highest BCUT2D eigenvalue weighted by Crippen LogP contribution is 2.76. The first-order valence-electron chi connectivity index (χ1n) is 10.6. The third-order valence-electron chi connectivity index (χ3n) is 9.05. The van der Waals surface area contributed by atoms with E-state index in [0.29, 0.717) is 0 Å². The van der Waals surface area contributed by atoms with Crippen molar-refractivity contribution in [3.05, 3.63) is 24.3 Å². The highest BCUT2D eigenvalue weighted by Gasteiger charge is 2.96. The van der Waals surface area contributed by atoms with Crippen LogP contribution in [0.1, 0.15) is 12.8 Å². The second-order valence-corrected chi connectivity index (χ2v) is 10.1. The van der Waals surface area contributed by atoms with Crippen LogP contribution < -0.4 is 0 Å². The van der Waals surface area contributed by atoms with Crippen molar-refractivity contribution in [1.29, 1.82) is 0 Å². The van der Waals surface area contributed by atoms with Crippen LogP contribution in [0.4, 0.5) is 52.7 Å². The zero-order chi connectivity index (χ0) is 25.0. The number of fused-ring (bicyclic) bond motifs is 13. The lowest BCUT2D eigenvalue weighted by Gasteiger charge is -2.48. The molecule has 0 aromatic carbocycles. The lowest BCUT2D eigenvalue weighted by Crippen LogP contribution is -2.73. The Bertz CT molecular complexity index is 866. The van der Waals surface area contributed by atoms with Gasteiger partial charge in [-0.3, -0.25) is 0 Å². The summed E-state index contributed by atoms with van der Waals surface area (Å²) in [4.78, 5) is 0. The van der Waals surface area contributed by atoms with E-state index in [0.717, 1.165) is 24.3 Å². The smallest absolute Gasteiger partial charge is 0.213 e. The Labute approximate surface area is 184 Å². The molecule has 6 aliphatic rings. The van der Waals surface area contributed by atoms with Gasteiger partial charge in [-0.05, 0) is 36.5 Å². The molecule has 4 fully saturated rings. The fraction of sp³-hybridized carbons (Fsp3) is 0.800. The number of alkyl halides is 12. The molecule has 2 saturated heterocycles. The molecule has 8 unspecified atom stereocenters. The number of hydrogen-bond donors (Lipinski definition) is 0. The van der Waals surface area contributed by atoms with E-state index < -0.39 is 93.4 Å². The Morgan fingerprint density at radius 2 is 0.735 bits per heavy atom. The van der Waals surface area contributed by atoms with Crippen LogP contribution in [-0.2, 0) is 0 Å². The second-order valence-electron chi connectivity index (χ2n) is 10.1. The van der Waals surface area contributed by atoms with Crippen molar-refractivity contribution in [2.75, 3.05) is 0 Å². The van der Waals surface area contributed by atoms with Crippen LogP contribution in [0.2, 0.25) is 0 Å². The van der Waals surface area contributed by atoms with Gasteiger partial charge in [-0.1, -0.05) is 24.3 Å². The maximum Gasteiger partial charge on any atom is 0.417 e. The van der Waals surface area contributed by atoms with Crippen LogP contribution >= 0.6 is 0 Å². The molecule has 2 heterocycles. The summed E-state index contributed by atoms with van der Waals surface area (Å²) < 4.78 is 176. The van der Waals surface area contributed by atoms with Gasteiger partial charge in [0, 0.05) is 23.9 Å². The summed E-state index contributed by atoms with van der Waals surface area (Å²) >= 11 is 0. The van der Waals surface area contributed by atoms with Crippen LogP contribution in [0.25, 0.3) is 0 Å². The molecule has 6 rings (SSSR count). The zero-order valence-corrected chi connectivity index (χ0v) is 16.8. The first-order chi connectivity index (χ1) is 15.4. The van der Waals surface area contributed by atoms with Gasteiger partial charge in [-0.15, -0.1) is 0 Å². The summed E-state index contributed by atoms with van der Waals surface area (Å²) in [5.41, 5.74) is -9.73. The SMILES string of the molecule is FC(F)(F)C1(C(F)(F)F)C2C3C=CC(C3)C2N2N1C1C3C=CC(C3)C1C2(C(F)(F)F)C(F)(F)F. The first kappa shape index (κ1) is 23.0. The Morgan fingerprint density at radius 1 is 0.471 bits per heavy atom. The Kier molecular flexibility index (Phi) is 4.00. The van der Waals surface area contributed by atoms with Crippen molar-refractivity contribution >= 4 is 0 Å². The molecule has 0 aromatic rings. The molecule has 0 N–H and O–H groups in total. The molecule has 2 nitrogen and oxygen atoms in total. The third kappa shape index (κ3) is 2.11. The highest BCUT2D eigenvalue weighted by atomic mass is 19.4. The van der Waals surface area contributed by atoms with Gasteiger partial charge in [0.05, 0.1) is 0 Å². The van der Waals surface area contributed by atoms with E-state index >= 15 is 0 Å². The number of rotatable bonds is 0. The number of hydrazine groups is 1. The highest BCUT2D eigenvalue weighted by molar-refractivity contribution is 5.38. The van der Waals surface area contributed by atoms with E-state index in [2.05, 4.69) is 0 Å². The molecule has 2 aliphatic heterocycles. The summed E-state index contributed by atoms with van der Waals surface area (Å²) in [6.45, 7) is 0. The van der Waals surface area contributed by atoms with Gasteiger partial charge in [-0.25, -0.2) is 10.0 Å². The van der Waals surface area contributed by atoms with E-state index in [4.69, 9.17) is 0 Å². The molecule has 0 amide bonds. The van der Waals surface area contributed by atoms with E-state index in [1.165, 1.54) is 0 Å². The topological polar surface area (TPSA) is 6.48 Å². The van der Waals surface area contributed by atoms with Crippen LogP contribution in [0.3, 0.4) is 0 Å². The maximum absolute atomic E-state index is 14.7. The molecule has 34 heavy (non-hydrogen) atoms. The van der Waals surface area contributed by atoms with Gasteiger partial charge in [-0.2, -0.15) is 52.7 Å². The molecule has 4 aliphatic carbocycles. The van der Waals surface area contributed by atoms with Crippen molar-refractivity contribution in [2.24, 2.45) is 35.5 Å². The Morgan fingerprint density at radius 3 is 1.00 bits per heavy atom.